The summed E-state index contributed by atoms with van der Waals surface area (Å²) in [6.45, 7) is 7.36. The molecule has 0 aliphatic heterocycles. The van der Waals surface area contributed by atoms with Crippen LogP contribution in [0.25, 0.3) is 0 Å². The van der Waals surface area contributed by atoms with Crippen LogP contribution >= 0.6 is 47.8 Å². The molecule has 0 atom stereocenters. The lowest BCUT2D eigenvalue weighted by Crippen LogP contribution is -2.28. The van der Waals surface area contributed by atoms with Crippen LogP contribution in [0.15, 0.2) is 4.47 Å². The quantitative estimate of drug-likeness (QED) is 0.598. The van der Waals surface area contributed by atoms with Crippen LogP contribution in [0.2, 0.25) is 0 Å². The second kappa shape index (κ2) is 6.71. The van der Waals surface area contributed by atoms with Gasteiger partial charge in [-0.25, -0.2) is 0 Å². The van der Waals surface area contributed by atoms with E-state index in [9.17, 15) is 0 Å². The Balaban J connectivity index is 3.08. The molecule has 0 saturated carbocycles. The molecular weight excluding hydrogens is 412 g/mol. The highest BCUT2D eigenvalue weighted by atomic mass is 79.9. The van der Waals surface area contributed by atoms with Crippen molar-refractivity contribution < 1.29 is 0 Å². The number of aryl methyl sites for hydroxylation is 2. The highest BCUT2D eigenvalue weighted by Gasteiger charge is 2.29. The van der Waals surface area contributed by atoms with Gasteiger partial charge in [0, 0.05) is 17.2 Å². The predicted molar refractivity (Wildman–Crippen MR) is 84.4 cm³/mol. The van der Waals surface area contributed by atoms with E-state index in [1.54, 1.807) is 0 Å². The maximum atomic E-state index is 4.55. The molecule has 98 valence electrons. The fourth-order valence-corrected chi connectivity index (χ4v) is 4.38. The second-order valence-electron chi connectivity index (χ2n) is 4.46. The van der Waals surface area contributed by atoms with Crippen LogP contribution in [0.3, 0.4) is 0 Å². The highest BCUT2D eigenvalue weighted by molar-refractivity contribution is 9.10. The summed E-state index contributed by atoms with van der Waals surface area (Å²) >= 11 is 11.0. The zero-order valence-electron chi connectivity index (χ0n) is 10.6. The van der Waals surface area contributed by atoms with Gasteiger partial charge in [-0.3, -0.25) is 4.68 Å². The van der Waals surface area contributed by atoms with E-state index in [0.29, 0.717) is 0 Å². The first-order valence-electron chi connectivity index (χ1n) is 5.87. The van der Waals surface area contributed by atoms with Gasteiger partial charge in [-0.2, -0.15) is 5.10 Å². The lowest BCUT2D eigenvalue weighted by atomic mass is 9.85. The van der Waals surface area contributed by atoms with Crippen LogP contribution < -0.4 is 0 Å². The number of aromatic nitrogens is 2. The summed E-state index contributed by atoms with van der Waals surface area (Å²) < 4.78 is 3.27. The van der Waals surface area contributed by atoms with Crippen molar-refractivity contribution in [2.45, 2.75) is 40.2 Å². The summed E-state index contributed by atoms with van der Waals surface area (Å²) in [5.74, 6) is 0. The van der Waals surface area contributed by atoms with Gasteiger partial charge in [0.1, 0.15) is 0 Å². The summed E-state index contributed by atoms with van der Waals surface area (Å²) in [6, 6.07) is 0. The van der Waals surface area contributed by atoms with Gasteiger partial charge in [0.25, 0.3) is 0 Å². The van der Waals surface area contributed by atoms with Crippen LogP contribution in [-0.4, -0.2) is 20.4 Å². The van der Waals surface area contributed by atoms with E-state index in [1.807, 2.05) is 0 Å². The molecule has 1 aromatic rings. The van der Waals surface area contributed by atoms with Crippen molar-refractivity contribution in [2.75, 3.05) is 10.7 Å². The number of nitrogens with zero attached hydrogens (tertiary/aromatic N) is 2. The van der Waals surface area contributed by atoms with E-state index in [-0.39, 0.29) is 5.41 Å². The fourth-order valence-electron chi connectivity index (χ4n) is 1.84. The average molecular weight is 431 g/mol. The molecule has 0 aromatic carbocycles. The number of halogens is 3. The standard InChI is InChI=1S/C12H19Br3N2/c1-4-12(7-13,8-14)6-10-11(15)9(3)16-17(10)5-2/h4-8H2,1-3H3. The third kappa shape index (κ3) is 3.35. The smallest absolute Gasteiger partial charge is 0.0738 e. The summed E-state index contributed by atoms with van der Waals surface area (Å²) in [7, 11) is 0. The normalized spacial score (nSPS) is 12.1. The van der Waals surface area contributed by atoms with E-state index in [2.05, 4.69) is 78.3 Å². The fraction of sp³-hybridized carbons (Fsp3) is 0.750. The minimum atomic E-state index is 0.266. The lowest BCUT2D eigenvalue weighted by Gasteiger charge is -2.29. The van der Waals surface area contributed by atoms with Crippen molar-refractivity contribution in [3.8, 4) is 0 Å². The monoisotopic (exact) mass is 428 g/mol. The number of rotatable bonds is 6. The Labute approximate surface area is 129 Å². The summed E-state index contributed by atoms with van der Waals surface area (Å²) in [4.78, 5) is 0. The third-order valence-electron chi connectivity index (χ3n) is 3.31. The first-order chi connectivity index (χ1) is 8.03. The van der Waals surface area contributed by atoms with Gasteiger partial charge < -0.3 is 0 Å². The Morgan fingerprint density at radius 2 is 1.82 bits per heavy atom. The molecule has 0 fully saturated rings. The lowest BCUT2D eigenvalue weighted by molar-refractivity contribution is 0.360. The molecule has 0 saturated heterocycles. The van der Waals surface area contributed by atoms with Crippen LogP contribution in [0.1, 0.15) is 31.7 Å². The van der Waals surface area contributed by atoms with Crippen LogP contribution in [0.5, 0.6) is 0 Å². The van der Waals surface area contributed by atoms with Crippen LogP contribution in [0, 0.1) is 12.3 Å². The largest absolute Gasteiger partial charge is 0.268 e. The van der Waals surface area contributed by atoms with Gasteiger partial charge in [0.15, 0.2) is 0 Å². The minimum Gasteiger partial charge on any atom is -0.268 e. The number of hydrogen-bond acceptors (Lipinski definition) is 1. The molecule has 5 heteroatoms. The molecule has 0 spiro atoms. The van der Waals surface area contributed by atoms with Gasteiger partial charge in [-0.15, -0.1) is 0 Å². The van der Waals surface area contributed by atoms with Crippen molar-refractivity contribution >= 4 is 47.8 Å². The second-order valence-corrected chi connectivity index (χ2v) is 6.37. The minimum absolute atomic E-state index is 0.266. The third-order valence-corrected chi connectivity index (χ3v) is 6.72. The molecule has 0 N–H and O–H groups in total. The topological polar surface area (TPSA) is 17.8 Å². The van der Waals surface area contributed by atoms with Gasteiger partial charge in [-0.05, 0) is 48.0 Å². The van der Waals surface area contributed by atoms with Gasteiger partial charge in [0.2, 0.25) is 0 Å². The average Bonchev–Trinajstić information content (AvgIpc) is 2.63. The molecule has 0 unspecified atom stereocenters. The molecule has 2 nitrogen and oxygen atoms in total. The molecule has 0 aliphatic rings. The summed E-state index contributed by atoms with van der Waals surface area (Å²) in [5.41, 5.74) is 2.66. The summed E-state index contributed by atoms with van der Waals surface area (Å²) in [6.07, 6.45) is 2.18. The zero-order valence-corrected chi connectivity index (χ0v) is 15.3. The Kier molecular flexibility index (Phi) is 6.20. The van der Waals surface area contributed by atoms with Crippen molar-refractivity contribution in [3.05, 3.63) is 15.9 Å². The van der Waals surface area contributed by atoms with Crippen LogP contribution in [0.4, 0.5) is 0 Å². The molecule has 0 amide bonds. The van der Waals surface area contributed by atoms with Crippen molar-refractivity contribution in [2.24, 2.45) is 5.41 Å². The molecule has 1 aromatic heterocycles. The Morgan fingerprint density at radius 3 is 2.24 bits per heavy atom. The maximum Gasteiger partial charge on any atom is 0.0738 e. The van der Waals surface area contributed by atoms with E-state index in [4.69, 9.17) is 0 Å². The molecule has 0 bridgehead atoms. The molecular formula is C12H19Br3N2. The first kappa shape index (κ1) is 15.7. The Hall–Kier alpha value is 0.650. The number of hydrogen-bond donors (Lipinski definition) is 0. The van der Waals surface area contributed by atoms with Crippen LogP contribution in [-0.2, 0) is 13.0 Å². The van der Waals surface area contributed by atoms with E-state index >= 15 is 0 Å². The highest BCUT2D eigenvalue weighted by Crippen LogP contribution is 2.34. The molecule has 1 rings (SSSR count). The number of alkyl halides is 2. The van der Waals surface area contributed by atoms with Gasteiger partial charge in [-0.1, -0.05) is 38.8 Å². The van der Waals surface area contributed by atoms with E-state index < -0.39 is 0 Å². The molecule has 17 heavy (non-hydrogen) atoms. The van der Waals surface area contributed by atoms with Crippen molar-refractivity contribution in [1.82, 2.24) is 9.78 Å². The van der Waals surface area contributed by atoms with Gasteiger partial charge >= 0.3 is 0 Å². The Bertz CT molecular complexity index is 362. The van der Waals surface area contributed by atoms with Crippen molar-refractivity contribution in [1.29, 1.82) is 0 Å². The van der Waals surface area contributed by atoms with E-state index in [1.165, 1.54) is 10.2 Å². The predicted octanol–water partition coefficient (Wildman–Crippen LogP) is 4.70. The first-order valence-corrected chi connectivity index (χ1v) is 8.90. The molecule has 1 heterocycles. The molecule has 0 aliphatic carbocycles. The molecule has 0 radical (unpaired) electrons. The maximum absolute atomic E-state index is 4.55. The van der Waals surface area contributed by atoms with Crippen molar-refractivity contribution in [3.63, 3.8) is 0 Å². The zero-order chi connectivity index (χ0) is 13.1. The summed E-state index contributed by atoms with van der Waals surface area (Å²) in [5, 5.41) is 6.56. The SMILES string of the molecule is CCn1nc(C)c(Br)c1CC(CC)(CBr)CBr. The Morgan fingerprint density at radius 1 is 1.24 bits per heavy atom. The van der Waals surface area contributed by atoms with Gasteiger partial charge in [0.05, 0.1) is 15.9 Å². The van der Waals surface area contributed by atoms with E-state index in [0.717, 1.165) is 35.7 Å².